The highest BCUT2D eigenvalue weighted by Crippen LogP contribution is 2.08. The van der Waals surface area contributed by atoms with Gasteiger partial charge in [0.15, 0.2) is 0 Å². The minimum absolute atomic E-state index is 0.0369. The fraction of sp³-hybridized carbons (Fsp3) is 0.909. The first-order valence-electron chi connectivity index (χ1n) is 5.58. The molecule has 0 aliphatic rings. The number of hydrogen-bond acceptors (Lipinski definition) is 3. The summed E-state index contributed by atoms with van der Waals surface area (Å²) in [7, 11) is 0. The molecule has 0 N–H and O–H groups in total. The summed E-state index contributed by atoms with van der Waals surface area (Å²) in [5, 5.41) is 0. The first-order valence-corrected chi connectivity index (χ1v) is 5.58. The van der Waals surface area contributed by atoms with Crippen molar-refractivity contribution in [3.63, 3.8) is 0 Å². The van der Waals surface area contributed by atoms with Gasteiger partial charge in [-0.3, -0.25) is 4.79 Å². The standard InChI is InChI=1S/C11H23NO2/c1-5-10(11(13)14-8-4)9-12(6-2)7-3/h10H,5-9H2,1-4H3. The maximum atomic E-state index is 11.5. The molecule has 84 valence electrons. The Bertz CT molecular complexity index is 155. The Hall–Kier alpha value is -0.570. The van der Waals surface area contributed by atoms with E-state index in [1.807, 2.05) is 13.8 Å². The van der Waals surface area contributed by atoms with E-state index in [9.17, 15) is 4.79 Å². The third-order valence-electron chi connectivity index (χ3n) is 2.49. The second-order valence-corrected chi connectivity index (χ2v) is 3.34. The van der Waals surface area contributed by atoms with Gasteiger partial charge in [-0.25, -0.2) is 0 Å². The zero-order valence-electron chi connectivity index (χ0n) is 9.88. The summed E-state index contributed by atoms with van der Waals surface area (Å²) in [5.74, 6) is -0.0169. The van der Waals surface area contributed by atoms with Gasteiger partial charge in [0.05, 0.1) is 12.5 Å². The van der Waals surface area contributed by atoms with Gasteiger partial charge in [0.25, 0.3) is 0 Å². The number of rotatable bonds is 7. The Labute approximate surface area is 87.4 Å². The highest BCUT2D eigenvalue weighted by molar-refractivity contribution is 5.72. The van der Waals surface area contributed by atoms with Gasteiger partial charge < -0.3 is 9.64 Å². The molecule has 0 bridgehead atoms. The molecule has 0 aromatic rings. The smallest absolute Gasteiger partial charge is 0.310 e. The summed E-state index contributed by atoms with van der Waals surface area (Å²) < 4.78 is 5.02. The van der Waals surface area contributed by atoms with Crippen LogP contribution >= 0.6 is 0 Å². The summed E-state index contributed by atoms with van der Waals surface area (Å²) in [4.78, 5) is 13.7. The molecule has 0 aliphatic heterocycles. The first-order chi connectivity index (χ1) is 6.69. The molecule has 1 unspecified atom stereocenters. The van der Waals surface area contributed by atoms with Crippen molar-refractivity contribution in [2.75, 3.05) is 26.2 Å². The molecule has 0 aliphatic carbocycles. The second-order valence-electron chi connectivity index (χ2n) is 3.34. The van der Waals surface area contributed by atoms with Gasteiger partial charge >= 0.3 is 5.97 Å². The van der Waals surface area contributed by atoms with Crippen LogP contribution in [0, 0.1) is 5.92 Å². The van der Waals surface area contributed by atoms with E-state index in [0.717, 1.165) is 26.1 Å². The minimum Gasteiger partial charge on any atom is -0.466 e. The van der Waals surface area contributed by atoms with E-state index in [0.29, 0.717) is 6.61 Å². The number of carbonyl (C=O) groups is 1. The quantitative estimate of drug-likeness (QED) is 0.589. The van der Waals surface area contributed by atoms with Gasteiger partial charge in [-0.05, 0) is 26.4 Å². The van der Waals surface area contributed by atoms with E-state index >= 15 is 0 Å². The molecule has 1 atom stereocenters. The van der Waals surface area contributed by atoms with Crippen molar-refractivity contribution in [1.82, 2.24) is 4.90 Å². The van der Waals surface area contributed by atoms with E-state index in [2.05, 4.69) is 18.7 Å². The Balaban J connectivity index is 4.05. The SMILES string of the molecule is CCOC(=O)C(CC)CN(CC)CC. The van der Waals surface area contributed by atoms with Crippen molar-refractivity contribution in [3.8, 4) is 0 Å². The van der Waals surface area contributed by atoms with Crippen LogP contribution in [0.1, 0.15) is 34.1 Å². The van der Waals surface area contributed by atoms with Crippen LogP contribution in [0.2, 0.25) is 0 Å². The number of ether oxygens (including phenoxy) is 1. The summed E-state index contributed by atoms with van der Waals surface area (Å²) in [6, 6.07) is 0. The van der Waals surface area contributed by atoms with Gasteiger partial charge in [-0.15, -0.1) is 0 Å². The molecule has 0 spiro atoms. The van der Waals surface area contributed by atoms with Gasteiger partial charge in [0.1, 0.15) is 0 Å². The summed E-state index contributed by atoms with van der Waals surface area (Å²) >= 11 is 0. The molecule has 0 aromatic carbocycles. The van der Waals surface area contributed by atoms with Crippen LogP contribution in [0.15, 0.2) is 0 Å². The third kappa shape index (κ3) is 4.61. The van der Waals surface area contributed by atoms with Crippen molar-refractivity contribution in [2.24, 2.45) is 5.92 Å². The van der Waals surface area contributed by atoms with Crippen LogP contribution in [0.25, 0.3) is 0 Å². The lowest BCUT2D eigenvalue weighted by Crippen LogP contribution is -2.33. The average molecular weight is 201 g/mol. The molecule has 3 heteroatoms. The van der Waals surface area contributed by atoms with Crippen molar-refractivity contribution in [1.29, 1.82) is 0 Å². The molecule has 0 rings (SSSR count). The molecular weight excluding hydrogens is 178 g/mol. The maximum absolute atomic E-state index is 11.5. The zero-order chi connectivity index (χ0) is 11.0. The molecule has 0 saturated heterocycles. The monoisotopic (exact) mass is 201 g/mol. The second kappa shape index (κ2) is 7.80. The number of esters is 1. The Morgan fingerprint density at radius 3 is 2.14 bits per heavy atom. The lowest BCUT2D eigenvalue weighted by molar-refractivity contribution is -0.148. The van der Waals surface area contributed by atoms with Gasteiger partial charge in [-0.2, -0.15) is 0 Å². The normalized spacial score (nSPS) is 12.9. The molecule has 3 nitrogen and oxygen atoms in total. The predicted octanol–water partition coefficient (Wildman–Crippen LogP) is 1.92. The molecule has 0 aromatic heterocycles. The van der Waals surface area contributed by atoms with Gasteiger partial charge in [0, 0.05) is 6.54 Å². The van der Waals surface area contributed by atoms with Crippen LogP contribution in [0.4, 0.5) is 0 Å². The summed E-state index contributed by atoms with van der Waals surface area (Å²) in [5.41, 5.74) is 0. The van der Waals surface area contributed by atoms with Crippen molar-refractivity contribution in [2.45, 2.75) is 34.1 Å². The zero-order valence-corrected chi connectivity index (χ0v) is 9.88. The van der Waals surface area contributed by atoms with Gasteiger partial charge in [-0.1, -0.05) is 20.8 Å². The van der Waals surface area contributed by atoms with Crippen LogP contribution in [-0.2, 0) is 9.53 Å². The fourth-order valence-corrected chi connectivity index (χ4v) is 1.42. The topological polar surface area (TPSA) is 29.5 Å². The number of hydrogen-bond donors (Lipinski definition) is 0. The highest BCUT2D eigenvalue weighted by atomic mass is 16.5. The molecule has 0 amide bonds. The molecule has 0 radical (unpaired) electrons. The molecule has 0 fully saturated rings. The molecule has 0 heterocycles. The Kier molecular flexibility index (Phi) is 7.48. The van der Waals surface area contributed by atoms with Gasteiger partial charge in [0.2, 0.25) is 0 Å². The van der Waals surface area contributed by atoms with Crippen LogP contribution in [0.3, 0.4) is 0 Å². The maximum Gasteiger partial charge on any atom is 0.310 e. The van der Waals surface area contributed by atoms with E-state index in [-0.39, 0.29) is 11.9 Å². The van der Waals surface area contributed by atoms with E-state index < -0.39 is 0 Å². The van der Waals surface area contributed by atoms with E-state index in [1.165, 1.54) is 0 Å². The average Bonchev–Trinajstić information content (AvgIpc) is 2.20. The summed E-state index contributed by atoms with van der Waals surface area (Å²) in [6.07, 6.45) is 0.856. The minimum atomic E-state index is -0.0538. The van der Waals surface area contributed by atoms with Crippen molar-refractivity contribution in [3.05, 3.63) is 0 Å². The molecule has 14 heavy (non-hydrogen) atoms. The fourth-order valence-electron chi connectivity index (χ4n) is 1.42. The van der Waals surface area contributed by atoms with Crippen LogP contribution < -0.4 is 0 Å². The predicted molar refractivity (Wildman–Crippen MR) is 58.2 cm³/mol. The lowest BCUT2D eigenvalue weighted by atomic mass is 10.1. The Morgan fingerprint density at radius 1 is 1.21 bits per heavy atom. The highest BCUT2D eigenvalue weighted by Gasteiger charge is 2.19. The molecule has 0 saturated carbocycles. The van der Waals surface area contributed by atoms with Crippen LogP contribution in [0.5, 0.6) is 0 Å². The van der Waals surface area contributed by atoms with E-state index in [4.69, 9.17) is 4.74 Å². The molecular formula is C11H23NO2. The number of carbonyl (C=O) groups excluding carboxylic acids is 1. The lowest BCUT2D eigenvalue weighted by Gasteiger charge is -2.23. The first kappa shape index (κ1) is 13.4. The van der Waals surface area contributed by atoms with Crippen molar-refractivity contribution >= 4 is 5.97 Å². The Morgan fingerprint density at radius 2 is 1.79 bits per heavy atom. The summed E-state index contributed by atoms with van der Waals surface area (Å²) in [6.45, 7) is 11.4. The largest absolute Gasteiger partial charge is 0.466 e. The van der Waals surface area contributed by atoms with Crippen molar-refractivity contribution < 1.29 is 9.53 Å². The van der Waals surface area contributed by atoms with E-state index in [1.54, 1.807) is 0 Å². The number of nitrogens with zero attached hydrogens (tertiary/aromatic N) is 1. The van der Waals surface area contributed by atoms with Crippen LogP contribution in [-0.4, -0.2) is 37.1 Å². The third-order valence-corrected chi connectivity index (χ3v) is 2.49.